The molecule has 5 nitrogen and oxygen atoms in total. The Morgan fingerprint density at radius 2 is 2.10 bits per heavy atom. The lowest BCUT2D eigenvalue weighted by molar-refractivity contribution is 0.406. The highest BCUT2D eigenvalue weighted by atomic mass is 32.1. The van der Waals surface area contributed by atoms with E-state index in [1.807, 2.05) is 27.0 Å². The number of thiazole rings is 1. The number of hydrazine groups is 1. The molecule has 2 rings (SSSR count). The average Bonchev–Trinajstić information content (AvgIpc) is 2.87. The fraction of sp³-hybridized carbons (Fsp3) is 0.467. The van der Waals surface area contributed by atoms with Crippen molar-refractivity contribution in [3.63, 3.8) is 0 Å². The van der Waals surface area contributed by atoms with E-state index in [1.54, 1.807) is 18.4 Å². The fourth-order valence-electron chi connectivity index (χ4n) is 2.45. The highest BCUT2D eigenvalue weighted by Crippen LogP contribution is 2.25. The molecule has 0 spiro atoms. The number of methoxy groups -OCH3 is 1. The van der Waals surface area contributed by atoms with Gasteiger partial charge in [0.1, 0.15) is 5.75 Å². The van der Waals surface area contributed by atoms with Gasteiger partial charge in [0.2, 0.25) is 0 Å². The molecule has 1 unspecified atom stereocenters. The standard InChI is InChI=1S/C15H22N4OS/c1-9-7-17-14(10(2)15(9)20-4)6-12(19-16)5-13-8-21-11(3)18-13/h7-8,12,19H,5-6,16H2,1-4H3. The topological polar surface area (TPSA) is 73.1 Å². The van der Waals surface area contributed by atoms with E-state index in [-0.39, 0.29) is 6.04 Å². The average molecular weight is 306 g/mol. The summed E-state index contributed by atoms with van der Waals surface area (Å²) >= 11 is 1.66. The quantitative estimate of drug-likeness (QED) is 0.631. The summed E-state index contributed by atoms with van der Waals surface area (Å²) in [6.45, 7) is 6.05. The van der Waals surface area contributed by atoms with Crippen LogP contribution >= 0.6 is 11.3 Å². The number of nitrogens with two attached hydrogens (primary N) is 1. The third kappa shape index (κ3) is 3.78. The van der Waals surface area contributed by atoms with E-state index < -0.39 is 0 Å². The molecule has 0 bridgehead atoms. The van der Waals surface area contributed by atoms with Crippen LogP contribution in [-0.2, 0) is 12.8 Å². The van der Waals surface area contributed by atoms with Gasteiger partial charge in [-0.05, 0) is 20.8 Å². The third-order valence-electron chi connectivity index (χ3n) is 3.55. The molecule has 0 aromatic carbocycles. The molecule has 2 aromatic rings. The van der Waals surface area contributed by atoms with E-state index in [4.69, 9.17) is 10.6 Å². The van der Waals surface area contributed by atoms with Crippen LogP contribution in [0.15, 0.2) is 11.6 Å². The Morgan fingerprint density at radius 3 is 2.67 bits per heavy atom. The van der Waals surface area contributed by atoms with E-state index in [9.17, 15) is 0 Å². The van der Waals surface area contributed by atoms with Crippen LogP contribution in [0, 0.1) is 20.8 Å². The molecule has 6 heteroatoms. The molecule has 0 aliphatic carbocycles. The number of rotatable bonds is 6. The summed E-state index contributed by atoms with van der Waals surface area (Å²) < 4.78 is 5.45. The van der Waals surface area contributed by atoms with Crippen molar-refractivity contribution in [2.45, 2.75) is 39.7 Å². The summed E-state index contributed by atoms with van der Waals surface area (Å²) in [4.78, 5) is 9.02. The van der Waals surface area contributed by atoms with Crippen LogP contribution < -0.4 is 16.0 Å². The zero-order valence-corrected chi connectivity index (χ0v) is 13.8. The summed E-state index contributed by atoms with van der Waals surface area (Å²) in [6.07, 6.45) is 3.38. The van der Waals surface area contributed by atoms with Crippen LogP contribution in [0.2, 0.25) is 0 Å². The van der Waals surface area contributed by atoms with Gasteiger partial charge >= 0.3 is 0 Å². The lowest BCUT2D eigenvalue weighted by atomic mass is 10.0. The van der Waals surface area contributed by atoms with E-state index in [0.29, 0.717) is 0 Å². The summed E-state index contributed by atoms with van der Waals surface area (Å²) in [5, 5.41) is 3.16. The van der Waals surface area contributed by atoms with Crippen molar-refractivity contribution >= 4 is 11.3 Å². The highest BCUT2D eigenvalue weighted by molar-refractivity contribution is 7.09. The maximum Gasteiger partial charge on any atom is 0.128 e. The molecular weight excluding hydrogens is 284 g/mol. The van der Waals surface area contributed by atoms with Crippen molar-refractivity contribution in [1.29, 1.82) is 0 Å². The number of hydrogen-bond donors (Lipinski definition) is 2. The van der Waals surface area contributed by atoms with Crippen LogP contribution in [0.3, 0.4) is 0 Å². The zero-order chi connectivity index (χ0) is 15.4. The molecule has 1 atom stereocenters. The first-order chi connectivity index (χ1) is 10.0. The van der Waals surface area contributed by atoms with E-state index >= 15 is 0 Å². The number of aromatic nitrogens is 2. The maximum atomic E-state index is 5.69. The number of ether oxygens (including phenoxy) is 1. The molecule has 114 valence electrons. The van der Waals surface area contributed by atoms with Gasteiger partial charge in [0.05, 0.1) is 17.8 Å². The minimum Gasteiger partial charge on any atom is -0.496 e. The van der Waals surface area contributed by atoms with Gasteiger partial charge in [-0.3, -0.25) is 16.3 Å². The number of pyridine rings is 1. The summed E-state index contributed by atoms with van der Waals surface area (Å²) in [5.41, 5.74) is 7.07. The molecular formula is C15H22N4OS. The SMILES string of the molecule is COc1c(C)cnc(CC(Cc2csc(C)n2)NN)c1C. The minimum absolute atomic E-state index is 0.102. The fourth-order valence-corrected chi connectivity index (χ4v) is 3.08. The molecule has 2 aromatic heterocycles. The van der Waals surface area contributed by atoms with Crippen LogP contribution in [0.4, 0.5) is 0 Å². The first-order valence-electron chi connectivity index (χ1n) is 6.91. The number of hydrogen-bond acceptors (Lipinski definition) is 6. The number of nitrogens with zero attached hydrogens (tertiary/aromatic N) is 2. The van der Waals surface area contributed by atoms with Gasteiger partial charge in [0.15, 0.2) is 0 Å². The Hall–Kier alpha value is -1.50. The molecule has 0 aliphatic rings. The van der Waals surface area contributed by atoms with E-state index in [2.05, 4.69) is 20.8 Å². The van der Waals surface area contributed by atoms with Crippen LogP contribution in [0.25, 0.3) is 0 Å². The lowest BCUT2D eigenvalue weighted by Gasteiger charge is -2.17. The molecule has 0 aliphatic heterocycles. The monoisotopic (exact) mass is 306 g/mol. The number of nitrogens with one attached hydrogen (secondary N) is 1. The first-order valence-corrected chi connectivity index (χ1v) is 7.79. The zero-order valence-electron chi connectivity index (χ0n) is 12.9. The third-order valence-corrected chi connectivity index (χ3v) is 4.37. The normalized spacial score (nSPS) is 12.4. The second kappa shape index (κ2) is 6.98. The van der Waals surface area contributed by atoms with Gasteiger partial charge in [-0.15, -0.1) is 11.3 Å². The summed E-state index contributed by atoms with van der Waals surface area (Å²) in [7, 11) is 1.69. The molecule has 0 radical (unpaired) electrons. The molecule has 0 fully saturated rings. The Kier molecular flexibility index (Phi) is 5.27. The second-order valence-corrected chi connectivity index (χ2v) is 6.24. The maximum absolute atomic E-state index is 5.69. The van der Waals surface area contributed by atoms with Crippen molar-refractivity contribution in [2.75, 3.05) is 7.11 Å². The van der Waals surface area contributed by atoms with Gasteiger partial charge in [-0.1, -0.05) is 0 Å². The predicted molar refractivity (Wildman–Crippen MR) is 85.6 cm³/mol. The van der Waals surface area contributed by atoms with Crippen LogP contribution in [-0.4, -0.2) is 23.1 Å². The van der Waals surface area contributed by atoms with Crippen molar-refractivity contribution < 1.29 is 4.74 Å². The van der Waals surface area contributed by atoms with Crippen molar-refractivity contribution in [3.05, 3.63) is 39.1 Å². The van der Waals surface area contributed by atoms with Gasteiger partial charge in [-0.2, -0.15) is 0 Å². The van der Waals surface area contributed by atoms with Crippen molar-refractivity contribution in [1.82, 2.24) is 15.4 Å². The van der Waals surface area contributed by atoms with Crippen LogP contribution in [0.1, 0.15) is 27.5 Å². The van der Waals surface area contributed by atoms with Crippen molar-refractivity contribution in [2.24, 2.45) is 5.84 Å². The molecule has 2 heterocycles. The molecule has 21 heavy (non-hydrogen) atoms. The van der Waals surface area contributed by atoms with Crippen LogP contribution in [0.5, 0.6) is 5.75 Å². The first kappa shape index (κ1) is 15.9. The minimum atomic E-state index is 0.102. The summed E-state index contributed by atoms with van der Waals surface area (Å²) in [5.74, 6) is 6.60. The molecule has 0 saturated heterocycles. The van der Waals surface area contributed by atoms with E-state index in [1.165, 1.54) is 0 Å². The Morgan fingerprint density at radius 1 is 1.33 bits per heavy atom. The summed E-state index contributed by atoms with van der Waals surface area (Å²) in [6, 6.07) is 0.102. The Labute approximate surface area is 129 Å². The smallest absolute Gasteiger partial charge is 0.128 e. The van der Waals surface area contributed by atoms with E-state index in [0.717, 1.165) is 46.1 Å². The van der Waals surface area contributed by atoms with Crippen molar-refractivity contribution in [3.8, 4) is 5.75 Å². The number of aryl methyl sites for hydroxylation is 2. The largest absolute Gasteiger partial charge is 0.496 e. The Balaban J connectivity index is 2.15. The second-order valence-electron chi connectivity index (χ2n) is 5.18. The Bertz CT molecular complexity index is 612. The predicted octanol–water partition coefficient (Wildman–Crippen LogP) is 2.09. The van der Waals surface area contributed by atoms with Gasteiger partial charge < -0.3 is 4.74 Å². The molecule has 0 amide bonds. The van der Waals surface area contributed by atoms with Gasteiger partial charge in [0, 0.05) is 47.3 Å². The van der Waals surface area contributed by atoms with Gasteiger partial charge in [-0.25, -0.2) is 4.98 Å². The highest BCUT2D eigenvalue weighted by Gasteiger charge is 2.16. The molecule has 0 saturated carbocycles. The van der Waals surface area contributed by atoms with Gasteiger partial charge in [0.25, 0.3) is 0 Å². The molecule has 3 N–H and O–H groups in total. The lowest BCUT2D eigenvalue weighted by Crippen LogP contribution is -2.39.